The predicted molar refractivity (Wildman–Crippen MR) is 61.5 cm³/mol. The van der Waals surface area contributed by atoms with Gasteiger partial charge in [0.15, 0.2) is 5.79 Å². The van der Waals surface area contributed by atoms with E-state index in [0.29, 0.717) is 31.7 Å². The fourth-order valence-electron chi connectivity index (χ4n) is 1.71. The molecule has 0 aliphatic carbocycles. The van der Waals surface area contributed by atoms with Gasteiger partial charge in [-0.3, -0.25) is 9.78 Å². The van der Waals surface area contributed by atoms with Crippen molar-refractivity contribution in [1.82, 2.24) is 10.3 Å². The molecule has 1 N–H and O–H groups in total. The SMILES string of the molecule is CC1(CCNC(=O)c2ccncc2)OCCO1. The minimum atomic E-state index is -0.550. The highest BCUT2D eigenvalue weighted by Crippen LogP contribution is 2.21. The summed E-state index contributed by atoms with van der Waals surface area (Å²) in [6.07, 6.45) is 3.84. The summed E-state index contributed by atoms with van der Waals surface area (Å²) in [7, 11) is 0. The average Bonchev–Trinajstić information content (AvgIpc) is 2.77. The molecule has 17 heavy (non-hydrogen) atoms. The van der Waals surface area contributed by atoms with E-state index in [1.807, 2.05) is 6.92 Å². The van der Waals surface area contributed by atoms with Gasteiger partial charge in [-0.05, 0) is 19.1 Å². The third-order valence-electron chi connectivity index (χ3n) is 2.71. The Morgan fingerprint density at radius 1 is 1.41 bits per heavy atom. The Balaban J connectivity index is 1.77. The van der Waals surface area contributed by atoms with Crippen molar-refractivity contribution in [3.8, 4) is 0 Å². The molecule has 0 saturated carbocycles. The van der Waals surface area contributed by atoms with Gasteiger partial charge in [0.1, 0.15) is 0 Å². The molecular weight excluding hydrogens is 220 g/mol. The summed E-state index contributed by atoms with van der Waals surface area (Å²) in [4.78, 5) is 15.6. The van der Waals surface area contributed by atoms with E-state index >= 15 is 0 Å². The van der Waals surface area contributed by atoms with Gasteiger partial charge >= 0.3 is 0 Å². The fourth-order valence-corrected chi connectivity index (χ4v) is 1.71. The van der Waals surface area contributed by atoms with E-state index in [0.717, 1.165) is 0 Å². The van der Waals surface area contributed by atoms with Crippen LogP contribution < -0.4 is 5.32 Å². The van der Waals surface area contributed by atoms with Crippen LogP contribution in [0.4, 0.5) is 0 Å². The lowest BCUT2D eigenvalue weighted by Gasteiger charge is -2.22. The number of nitrogens with zero attached hydrogens (tertiary/aromatic N) is 1. The maximum Gasteiger partial charge on any atom is 0.251 e. The number of hydrogen-bond donors (Lipinski definition) is 1. The molecule has 2 rings (SSSR count). The molecule has 1 aromatic heterocycles. The number of carbonyl (C=O) groups is 1. The normalized spacial score (nSPS) is 17.9. The summed E-state index contributed by atoms with van der Waals surface area (Å²) in [6.45, 7) is 3.65. The van der Waals surface area contributed by atoms with Gasteiger partial charge in [-0.25, -0.2) is 0 Å². The second kappa shape index (κ2) is 5.25. The zero-order valence-electron chi connectivity index (χ0n) is 9.81. The topological polar surface area (TPSA) is 60.5 Å². The summed E-state index contributed by atoms with van der Waals surface area (Å²) in [5.41, 5.74) is 0.610. The Labute approximate surface area is 100 Å². The Morgan fingerprint density at radius 2 is 2.06 bits per heavy atom. The first-order chi connectivity index (χ1) is 8.20. The van der Waals surface area contributed by atoms with Crippen LogP contribution in [0.1, 0.15) is 23.7 Å². The molecule has 1 aliphatic rings. The minimum Gasteiger partial charge on any atom is -0.352 e. The molecule has 0 atom stereocenters. The van der Waals surface area contributed by atoms with Gasteiger partial charge in [-0.15, -0.1) is 0 Å². The maximum absolute atomic E-state index is 11.7. The summed E-state index contributed by atoms with van der Waals surface area (Å²) in [5.74, 6) is -0.653. The number of hydrogen-bond acceptors (Lipinski definition) is 4. The first-order valence-electron chi connectivity index (χ1n) is 5.66. The van der Waals surface area contributed by atoms with Crippen molar-refractivity contribution in [2.24, 2.45) is 0 Å². The van der Waals surface area contributed by atoms with Crippen LogP contribution in [-0.2, 0) is 9.47 Å². The molecule has 5 nitrogen and oxygen atoms in total. The van der Waals surface area contributed by atoms with E-state index in [-0.39, 0.29) is 5.91 Å². The largest absolute Gasteiger partial charge is 0.352 e. The predicted octanol–water partition coefficient (Wildman–Crippen LogP) is 0.965. The fraction of sp³-hybridized carbons (Fsp3) is 0.500. The second-order valence-corrected chi connectivity index (χ2v) is 4.07. The first-order valence-corrected chi connectivity index (χ1v) is 5.66. The van der Waals surface area contributed by atoms with Crippen LogP contribution in [0.2, 0.25) is 0 Å². The van der Waals surface area contributed by atoms with Crippen LogP contribution in [0.15, 0.2) is 24.5 Å². The first kappa shape index (κ1) is 12.0. The Morgan fingerprint density at radius 3 is 2.71 bits per heavy atom. The van der Waals surface area contributed by atoms with E-state index in [1.54, 1.807) is 24.5 Å². The molecule has 2 heterocycles. The third kappa shape index (κ3) is 3.25. The monoisotopic (exact) mass is 236 g/mol. The van der Waals surface area contributed by atoms with Crippen molar-refractivity contribution in [2.45, 2.75) is 19.1 Å². The Hall–Kier alpha value is -1.46. The molecule has 1 fully saturated rings. The Bertz CT molecular complexity index is 375. The van der Waals surface area contributed by atoms with Crippen molar-refractivity contribution in [3.63, 3.8) is 0 Å². The van der Waals surface area contributed by atoms with Gasteiger partial charge < -0.3 is 14.8 Å². The maximum atomic E-state index is 11.7. The number of nitrogens with one attached hydrogen (secondary N) is 1. The van der Waals surface area contributed by atoms with Crippen LogP contribution in [0, 0.1) is 0 Å². The summed E-state index contributed by atoms with van der Waals surface area (Å²) >= 11 is 0. The van der Waals surface area contributed by atoms with Crippen LogP contribution >= 0.6 is 0 Å². The number of carbonyl (C=O) groups excluding carboxylic acids is 1. The van der Waals surface area contributed by atoms with E-state index in [9.17, 15) is 4.79 Å². The molecule has 1 aromatic rings. The quantitative estimate of drug-likeness (QED) is 0.846. The van der Waals surface area contributed by atoms with Gasteiger partial charge in [-0.2, -0.15) is 0 Å². The third-order valence-corrected chi connectivity index (χ3v) is 2.71. The lowest BCUT2D eigenvalue weighted by Crippen LogP contribution is -2.33. The summed E-state index contributed by atoms with van der Waals surface area (Å²) in [6, 6.07) is 3.36. The molecule has 0 spiro atoms. The molecule has 0 unspecified atom stereocenters. The van der Waals surface area contributed by atoms with Crippen molar-refractivity contribution in [3.05, 3.63) is 30.1 Å². The molecule has 0 bridgehead atoms. The molecule has 92 valence electrons. The molecule has 0 aromatic carbocycles. The second-order valence-electron chi connectivity index (χ2n) is 4.07. The minimum absolute atomic E-state index is 0.103. The lowest BCUT2D eigenvalue weighted by atomic mass is 10.2. The molecule has 1 aliphatic heterocycles. The van der Waals surface area contributed by atoms with Crippen molar-refractivity contribution < 1.29 is 14.3 Å². The number of rotatable bonds is 4. The van der Waals surface area contributed by atoms with Crippen molar-refractivity contribution in [1.29, 1.82) is 0 Å². The lowest BCUT2D eigenvalue weighted by molar-refractivity contribution is -0.145. The highest BCUT2D eigenvalue weighted by molar-refractivity contribution is 5.93. The molecule has 1 amide bonds. The van der Waals surface area contributed by atoms with E-state index in [4.69, 9.17) is 9.47 Å². The summed E-state index contributed by atoms with van der Waals surface area (Å²) in [5, 5.41) is 2.82. The van der Waals surface area contributed by atoms with E-state index < -0.39 is 5.79 Å². The molecule has 5 heteroatoms. The number of aromatic nitrogens is 1. The smallest absolute Gasteiger partial charge is 0.251 e. The molecular formula is C12H16N2O3. The standard InChI is InChI=1S/C12H16N2O3/c1-12(16-8-9-17-12)4-7-14-11(15)10-2-5-13-6-3-10/h2-3,5-6H,4,7-9H2,1H3,(H,14,15). The zero-order valence-corrected chi connectivity index (χ0v) is 9.81. The van der Waals surface area contributed by atoms with Gasteiger partial charge in [0, 0.05) is 30.9 Å². The van der Waals surface area contributed by atoms with Gasteiger partial charge in [0.2, 0.25) is 0 Å². The van der Waals surface area contributed by atoms with E-state index in [2.05, 4.69) is 10.3 Å². The van der Waals surface area contributed by atoms with Crippen molar-refractivity contribution >= 4 is 5.91 Å². The van der Waals surface area contributed by atoms with Gasteiger partial charge in [0.05, 0.1) is 13.2 Å². The van der Waals surface area contributed by atoms with E-state index in [1.165, 1.54) is 0 Å². The van der Waals surface area contributed by atoms with Crippen LogP contribution in [-0.4, -0.2) is 36.4 Å². The van der Waals surface area contributed by atoms with Gasteiger partial charge in [0.25, 0.3) is 5.91 Å². The number of amides is 1. The highest BCUT2D eigenvalue weighted by atomic mass is 16.7. The number of pyridine rings is 1. The van der Waals surface area contributed by atoms with Gasteiger partial charge in [-0.1, -0.05) is 0 Å². The van der Waals surface area contributed by atoms with Crippen molar-refractivity contribution in [2.75, 3.05) is 19.8 Å². The zero-order chi connectivity index (χ0) is 12.1. The number of ether oxygens (including phenoxy) is 2. The van der Waals surface area contributed by atoms with Crippen LogP contribution in [0.3, 0.4) is 0 Å². The Kier molecular flexibility index (Phi) is 3.71. The van der Waals surface area contributed by atoms with Crippen LogP contribution in [0.5, 0.6) is 0 Å². The highest BCUT2D eigenvalue weighted by Gasteiger charge is 2.30. The van der Waals surface area contributed by atoms with Crippen LogP contribution in [0.25, 0.3) is 0 Å². The summed E-state index contributed by atoms with van der Waals surface area (Å²) < 4.78 is 10.9. The average molecular weight is 236 g/mol. The molecule has 1 saturated heterocycles. The molecule has 0 radical (unpaired) electrons.